The van der Waals surface area contributed by atoms with Crippen molar-refractivity contribution in [1.82, 2.24) is 5.32 Å². The van der Waals surface area contributed by atoms with Gasteiger partial charge in [0.1, 0.15) is 5.75 Å². The molecule has 0 radical (unpaired) electrons. The van der Waals surface area contributed by atoms with Crippen LogP contribution in [0, 0.1) is 0 Å². The Hall–Kier alpha value is -1.95. The van der Waals surface area contributed by atoms with E-state index in [1.807, 2.05) is 45.0 Å². The standard InChI is InChI=1S/C20H25NO4.ClH/c1-13(12-20(3)24-17-6-4-5-7-18(17)25-20)21-14(2)19(23)15-8-10-16(22)11-9-15;/h4-11,13-14,19,21-23H,12H2,1-3H3;1H. The SMILES string of the molecule is CC(CC1(C)Oc2ccccc2O1)NC(C)C(O)c1ccc(O)cc1.Cl. The molecule has 142 valence electrons. The number of hydrogen-bond acceptors (Lipinski definition) is 5. The first-order chi connectivity index (χ1) is 11.9. The van der Waals surface area contributed by atoms with Crippen LogP contribution < -0.4 is 14.8 Å². The number of aliphatic hydroxyl groups excluding tert-OH is 1. The Morgan fingerprint density at radius 2 is 1.54 bits per heavy atom. The molecule has 0 amide bonds. The molecular weight excluding hydrogens is 354 g/mol. The summed E-state index contributed by atoms with van der Waals surface area (Å²) < 4.78 is 11.9. The van der Waals surface area contributed by atoms with Crippen molar-refractivity contribution in [1.29, 1.82) is 0 Å². The van der Waals surface area contributed by atoms with Crippen LogP contribution in [0.1, 0.15) is 38.9 Å². The minimum atomic E-state index is -0.723. The van der Waals surface area contributed by atoms with Crippen LogP contribution in [0.25, 0.3) is 0 Å². The number of aromatic hydroxyl groups is 1. The van der Waals surface area contributed by atoms with Crippen molar-refractivity contribution in [2.45, 2.75) is 51.2 Å². The Balaban J connectivity index is 0.00000243. The van der Waals surface area contributed by atoms with Crippen LogP contribution in [-0.2, 0) is 0 Å². The molecule has 0 aliphatic carbocycles. The zero-order valence-electron chi connectivity index (χ0n) is 15.2. The van der Waals surface area contributed by atoms with Crippen molar-refractivity contribution in [3.8, 4) is 17.2 Å². The highest BCUT2D eigenvalue weighted by atomic mass is 35.5. The largest absolute Gasteiger partial charge is 0.508 e. The molecule has 0 bridgehead atoms. The molecule has 0 aromatic heterocycles. The molecule has 3 N–H and O–H groups in total. The molecule has 3 atom stereocenters. The second-order valence-electron chi connectivity index (χ2n) is 6.88. The summed E-state index contributed by atoms with van der Waals surface area (Å²) in [6.45, 7) is 5.90. The monoisotopic (exact) mass is 379 g/mol. The van der Waals surface area contributed by atoms with E-state index >= 15 is 0 Å². The molecule has 3 rings (SSSR count). The van der Waals surface area contributed by atoms with E-state index in [-0.39, 0.29) is 30.2 Å². The fraction of sp³-hybridized carbons (Fsp3) is 0.400. The first-order valence-electron chi connectivity index (χ1n) is 8.56. The van der Waals surface area contributed by atoms with E-state index in [4.69, 9.17) is 9.47 Å². The van der Waals surface area contributed by atoms with Crippen LogP contribution in [0.3, 0.4) is 0 Å². The predicted molar refractivity (Wildman–Crippen MR) is 103 cm³/mol. The van der Waals surface area contributed by atoms with Gasteiger partial charge in [-0.1, -0.05) is 24.3 Å². The van der Waals surface area contributed by atoms with Gasteiger partial charge in [-0.15, -0.1) is 12.4 Å². The van der Waals surface area contributed by atoms with E-state index in [1.54, 1.807) is 24.3 Å². The number of hydrogen-bond donors (Lipinski definition) is 3. The number of phenols is 1. The van der Waals surface area contributed by atoms with Crippen LogP contribution in [0.4, 0.5) is 0 Å². The fourth-order valence-corrected chi connectivity index (χ4v) is 3.30. The number of nitrogens with one attached hydrogen (secondary N) is 1. The molecule has 1 aliphatic heterocycles. The van der Waals surface area contributed by atoms with Gasteiger partial charge in [0.05, 0.1) is 6.10 Å². The summed E-state index contributed by atoms with van der Waals surface area (Å²) in [4.78, 5) is 0. The number of rotatable bonds is 6. The summed E-state index contributed by atoms with van der Waals surface area (Å²) in [6.07, 6.45) is -0.0348. The zero-order valence-corrected chi connectivity index (χ0v) is 16.0. The first-order valence-corrected chi connectivity index (χ1v) is 8.56. The van der Waals surface area contributed by atoms with Crippen LogP contribution in [-0.4, -0.2) is 28.1 Å². The van der Waals surface area contributed by atoms with E-state index in [9.17, 15) is 10.2 Å². The lowest BCUT2D eigenvalue weighted by Crippen LogP contribution is -2.46. The van der Waals surface area contributed by atoms with Gasteiger partial charge in [0, 0.05) is 25.4 Å². The van der Waals surface area contributed by atoms with Gasteiger partial charge in [-0.05, 0) is 43.7 Å². The van der Waals surface area contributed by atoms with Crippen molar-refractivity contribution in [2.24, 2.45) is 0 Å². The second-order valence-corrected chi connectivity index (χ2v) is 6.88. The number of fused-ring (bicyclic) bond motifs is 1. The third kappa shape index (κ3) is 4.61. The fourth-order valence-electron chi connectivity index (χ4n) is 3.30. The number of aliphatic hydroxyl groups is 1. The van der Waals surface area contributed by atoms with Crippen molar-refractivity contribution >= 4 is 12.4 Å². The molecule has 0 saturated heterocycles. The van der Waals surface area contributed by atoms with Crippen molar-refractivity contribution in [3.63, 3.8) is 0 Å². The number of halogens is 1. The van der Waals surface area contributed by atoms with Crippen molar-refractivity contribution in [2.75, 3.05) is 0 Å². The van der Waals surface area contributed by atoms with Crippen LogP contribution in [0.15, 0.2) is 48.5 Å². The topological polar surface area (TPSA) is 71.0 Å². The zero-order chi connectivity index (χ0) is 18.0. The third-order valence-corrected chi connectivity index (χ3v) is 4.43. The molecule has 26 heavy (non-hydrogen) atoms. The highest BCUT2D eigenvalue weighted by molar-refractivity contribution is 5.85. The van der Waals surface area contributed by atoms with E-state index in [0.29, 0.717) is 6.42 Å². The molecule has 6 heteroatoms. The summed E-state index contributed by atoms with van der Waals surface area (Å²) >= 11 is 0. The van der Waals surface area contributed by atoms with Gasteiger partial charge in [0.15, 0.2) is 11.5 Å². The minimum absolute atomic E-state index is 0. The molecule has 1 aliphatic rings. The Morgan fingerprint density at radius 1 is 1.00 bits per heavy atom. The van der Waals surface area contributed by atoms with Gasteiger partial charge >= 0.3 is 0 Å². The van der Waals surface area contributed by atoms with Crippen LogP contribution >= 0.6 is 12.4 Å². The maximum Gasteiger partial charge on any atom is 0.250 e. The smallest absolute Gasteiger partial charge is 0.250 e. The number of benzene rings is 2. The van der Waals surface area contributed by atoms with Crippen molar-refractivity contribution < 1.29 is 19.7 Å². The molecule has 0 spiro atoms. The molecule has 0 saturated carbocycles. The number of phenolic OH excluding ortho intramolecular Hbond substituents is 1. The summed E-state index contributed by atoms with van der Waals surface area (Å²) in [5, 5.41) is 23.2. The molecule has 3 unspecified atom stereocenters. The van der Waals surface area contributed by atoms with E-state index in [1.165, 1.54) is 0 Å². The van der Waals surface area contributed by atoms with Crippen LogP contribution in [0.2, 0.25) is 0 Å². The summed E-state index contributed by atoms with van der Waals surface area (Å²) in [7, 11) is 0. The molecule has 1 heterocycles. The molecule has 2 aromatic rings. The normalized spacial score (nSPS) is 17.8. The molecule has 2 aromatic carbocycles. The predicted octanol–water partition coefficient (Wildman–Crippen LogP) is 3.79. The number of para-hydroxylation sites is 2. The van der Waals surface area contributed by atoms with Gasteiger partial charge in [-0.3, -0.25) is 0 Å². The Morgan fingerprint density at radius 3 is 2.08 bits per heavy atom. The van der Waals surface area contributed by atoms with Gasteiger partial charge in [0.25, 0.3) is 0 Å². The average Bonchev–Trinajstić information content (AvgIpc) is 2.90. The number of ether oxygens (including phenoxy) is 2. The lowest BCUT2D eigenvalue weighted by atomic mass is 10.0. The Bertz CT molecular complexity index is 697. The maximum absolute atomic E-state index is 10.5. The lowest BCUT2D eigenvalue weighted by Gasteiger charge is -2.30. The highest BCUT2D eigenvalue weighted by Gasteiger charge is 2.38. The van der Waals surface area contributed by atoms with Gasteiger partial charge in [0.2, 0.25) is 5.79 Å². The van der Waals surface area contributed by atoms with Crippen molar-refractivity contribution in [3.05, 3.63) is 54.1 Å². The van der Waals surface area contributed by atoms with Gasteiger partial charge in [-0.2, -0.15) is 0 Å². The summed E-state index contributed by atoms with van der Waals surface area (Å²) in [5.41, 5.74) is 0.761. The quantitative estimate of drug-likeness (QED) is 0.712. The Kier molecular flexibility index (Phi) is 6.39. The lowest BCUT2D eigenvalue weighted by molar-refractivity contribution is -0.0750. The molecular formula is C20H26ClNO4. The van der Waals surface area contributed by atoms with E-state index < -0.39 is 11.9 Å². The highest BCUT2D eigenvalue weighted by Crippen LogP contribution is 2.40. The minimum Gasteiger partial charge on any atom is -0.508 e. The summed E-state index contributed by atoms with van der Waals surface area (Å²) in [6, 6.07) is 14.2. The molecule has 5 nitrogen and oxygen atoms in total. The van der Waals surface area contributed by atoms with Crippen LogP contribution in [0.5, 0.6) is 17.2 Å². The first kappa shape index (κ1) is 20.4. The second kappa shape index (κ2) is 8.16. The Labute approximate surface area is 160 Å². The van der Waals surface area contributed by atoms with Gasteiger partial charge in [-0.25, -0.2) is 0 Å². The van der Waals surface area contributed by atoms with E-state index in [2.05, 4.69) is 5.32 Å². The third-order valence-electron chi connectivity index (χ3n) is 4.43. The average molecular weight is 380 g/mol. The van der Waals surface area contributed by atoms with E-state index in [0.717, 1.165) is 17.1 Å². The summed E-state index contributed by atoms with van der Waals surface area (Å²) in [5.74, 6) is 0.982. The molecule has 0 fully saturated rings. The maximum atomic E-state index is 10.5. The van der Waals surface area contributed by atoms with Gasteiger partial charge < -0.3 is 25.0 Å².